The lowest BCUT2D eigenvalue weighted by atomic mass is 10.0. The molecule has 0 spiro atoms. The molecule has 0 aliphatic carbocycles. The van der Waals surface area contributed by atoms with Crippen LogP contribution >= 0.6 is 0 Å². The SMILES string of the molecule is CC(C)CCCCCCN1C(=O)C(C(C)C)NC1C. The largest absolute Gasteiger partial charge is 0.326 e. The van der Waals surface area contributed by atoms with Gasteiger partial charge in [0.15, 0.2) is 0 Å². The van der Waals surface area contributed by atoms with E-state index in [0.29, 0.717) is 11.8 Å². The summed E-state index contributed by atoms with van der Waals surface area (Å²) >= 11 is 0. The van der Waals surface area contributed by atoms with Gasteiger partial charge in [-0.25, -0.2) is 0 Å². The second kappa shape index (κ2) is 7.88. The Morgan fingerprint density at radius 3 is 2.26 bits per heavy atom. The fourth-order valence-corrected chi connectivity index (χ4v) is 2.76. The number of unbranched alkanes of at least 4 members (excludes halogenated alkanes) is 3. The van der Waals surface area contributed by atoms with E-state index in [9.17, 15) is 4.79 Å². The number of carbonyl (C=O) groups excluding carboxylic acids is 1. The van der Waals surface area contributed by atoms with Gasteiger partial charge in [0, 0.05) is 6.54 Å². The van der Waals surface area contributed by atoms with Crippen LogP contribution in [0.25, 0.3) is 0 Å². The number of amides is 1. The molecule has 0 aromatic rings. The minimum atomic E-state index is 0.0240. The van der Waals surface area contributed by atoms with Gasteiger partial charge in [0.2, 0.25) is 5.91 Å². The molecule has 3 heteroatoms. The Labute approximate surface area is 119 Å². The van der Waals surface area contributed by atoms with Gasteiger partial charge in [-0.2, -0.15) is 0 Å². The first kappa shape index (κ1) is 16.5. The van der Waals surface area contributed by atoms with Crippen molar-refractivity contribution in [1.82, 2.24) is 10.2 Å². The standard InChI is InChI=1S/C16H32N2O/c1-12(2)10-8-6-7-9-11-18-14(5)17-15(13(3)4)16(18)19/h12-15,17H,6-11H2,1-5H3. The highest BCUT2D eigenvalue weighted by molar-refractivity contribution is 5.84. The summed E-state index contributed by atoms with van der Waals surface area (Å²) in [5.41, 5.74) is 0. The van der Waals surface area contributed by atoms with E-state index in [2.05, 4.69) is 39.9 Å². The molecule has 1 heterocycles. The highest BCUT2D eigenvalue weighted by Crippen LogP contribution is 2.18. The number of nitrogens with zero attached hydrogens (tertiary/aromatic N) is 1. The Morgan fingerprint density at radius 2 is 1.74 bits per heavy atom. The molecule has 1 aliphatic heterocycles. The molecule has 1 N–H and O–H groups in total. The van der Waals surface area contributed by atoms with Crippen molar-refractivity contribution in [3.63, 3.8) is 0 Å². The molecule has 112 valence electrons. The van der Waals surface area contributed by atoms with Crippen LogP contribution in [-0.2, 0) is 4.79 Å². The lowest BCUT2D eigenvalue weighted by Gasteiger charge is -2.20. The molecular weight excluding hydrogens is 236 g/mol. The van der Waals surface area contributed by atoms with Gasteiger partial charge >= 0.3 is 0 Å². The van der Waals surface area contributed by atoms with Crippen molar-refractivity contribution in [3.05, 3.63) is 0 Å². The molecule has 19 heavy (non-hydrogen) atoms. The van der Waals surface area contributed by atoms with Crippen LogP contribution in [0.4, 0.5) is 0 Å². The van der Waals surface area contributed by atoms with Gasteiger partial charge in [-0.05, 0) is 25.2 Å². The Bertz CT molecular complexity index is 276. The highest BCUT2D eigenvalue weighted by atomic mass is 16.2. The van der Waals surface area contributed by atoms with E-state index in [1.165, 1.54) is 25.7 Å². The number of nitrogens with one attached hydrogen (secondary N) is 1. The van der Waals surface area contributed by atoms with E-state index >= 15 is 0 Å². The van der Waals surface area contributed by atoms with Crippen LogP contribution in [0.2, 0.25) is 0 Å². The first-order valence-corrected chi connectivity index (χ1v) is 8.00. The zero-order valence-corrected chi connectivity index (χ0v) is 13.4. The summed E-state index contributed by atoms with van der Waals surface area (Å²) in [5, 5.41) is 3.40. The molecule has 1 amide bonds. The van der Waals surface area contributed by atoms with Crippen LogP contribution in [0, 0.1) is 11.8 Å². The first-order valence-electron chi connectivity index (χ1n) is 8.00. The Kier molecular flexibility index (Phi) is 6.84. The molecule has 0 radical (unpaired) electrons. The molecule has 3 nitrogen and oxygen atoms in total. The molecule has 1 aliphatic rings. The third-order valence-electron chi connectivity index (χ3n) is 4.03. The average Bonchev–Trinajstić information content (AvgIpc) is 2.60. The van der Waals surface area contributed by atoms with Crippen molar-refractivity contribution in [1.29, 1.82) is 0 Å². The van der Waals surface area contributed by atoms with Crippen LogP contribution in [0.5, 0.6) is 0 Å². The van der Waals surface area contributed by atoms with Gasteiger partial charge in [0.1, 0.15) is 0 Å². The normalized spacial score (nSPS) is 23.9. The second-order valence-electron chi connectivity index (χ2n) is 6.69. The van der Waals surface area contributed by atoms with Gasteiger partial charge < -0.3 is 4.90 Å². The smallest absolute Gasteiger partial charge is 0.241 e. The van der Waals surface area contributed by atoms with E-state index < -0.39 is 0 Å². The predicted molar refractivity (Wildman–Crippen MR) is 80.9 cm³/mol. The van der Waals surface area contributed by atoms with Crippen LogP contribution in [0.1, 0.15) is 66.7 Å². The van der Waals surface area contributed by atoms with Gasteiger partial charge in [-0.15, -0.1) is 0 Å². The molecule has 1 saturated heterocycles. The Hall–Kier alpha value is -0.570. The lowest BCUT2D eigenvalue weighted by molar-refractivity contribution is -0.130. The van der Waals surface area contributed by atoms with E-state index in [0.717, 1.165) is 18.9 Å². The summed E-state index contributed by atoms with van der Waals surface area (Å²) in [6.07, 6.45) is 6.55. The Balaban J connectivity index is 2.20. The second-order valence-corrected chi connectivity index (χ2v) is 6.69. The third kappa shape index (κ3) is 5.13. The zero-order chi connectivity index (χ0) is 14.4. The maximum absolute atomic E-state index is 12.2. The fourth-order valence-electron chi connectivity index (χ4n) is 2.76. The maximum Gasteiger partial charge on any atom is 0.241 e. The van der Waals surface area contributed by atoms with Crippen LogP contribution in [-0.4, -0.2) is 29.6 Å². The maximum atomic E-state index is 12.2. The zero-order valence-electron chi connectivity index (χ0n) is 13.4. The molecular formula is C16H32N2O. The van der Waals surface area contributed by atoms with E-state index in [1.807, 2.05) is 4.90 Å². The topological polar surface area (TPSA) is 32.3 Å². The first-order chi connectivity index (χ1) is 8.93. The summed E-state index contributed by atoms with van der Waals surface area (Å²) in [6.45, 7) is 11.8. The van der Waals surface area contributed by atoms with Crippen molar-refractivity contribution in [2.75, 3.05) is 6.54 Å². The summed E-state index contributed by atoms with van der Waals surface area (Å²) in [7, 11) is 0. The van der Waals surface area contributed by atoms with Crippen molar-refractivity contribution >= 4 is 5.91 Å². The van der Waals surface area contributed by atoms with E-state index in [4.69, 9.17) is 0 Å². The third-order valence-corrected chi connectivity index (χ3v) is 4.03. The molecule has 2 atom stereocenters. The van der Waals surface area contributed by atoms with Crippen molar-refractivity contribution in [2.24, 2.45) is 11.8 Å². The monoisotopic (exact) mass is 268 g/mol. The number of carbonyl (C=O) groups is 1. The number of rotatable bonds is 8. The predicted octanol–water partition coefficient (Wildman–Crippen LogP) is 3.40. The number of hydrogen-bond acceptors (Lipinski definition) is 2. The van der Waals surface area contributed by atoms with Crippen LogP contribution < -0.4 is 5.32 Å². The van der Waals surface area contributed by atoms with Crippen LogP contribution in [0.3, 0.4) is 0 Å². The lowest BCUT2D eigenvalue weighted by Crippen LogP contribution is -2.35. The molecule has 0 bridgehead atoms. The molecule has 0 aromatic carbocycles. The molecule has 1 rings (SSSR count). The van der Waals surface area contributed by atoms with E-state index in [1.54, 1.807) is 0 Å². The Morgan fingerprint density at radius 1 is 1.11 bits per heavy atom. The summed E-state index contributed by atoms with van der Waals surface area (Å²) < 4.78 is 0. The highest BCUT2D eigenvalue weighted by Gasteiger charge is 2.37. The molecule has 2 unspecified atom stereocenters. The van der Waals surface area contributed by atoms with Gasteiger partial charge in [0.25, 0.3) is 0 Å². The average molecular weight is 268 g/mol. The van der Waals surface area contributed by atoms with Gasteiger partial charge in [-0.1, -0.05) is 53.4 Å². The van der Waals surface area contributed by atoms with Crippen molar-refractivity contribution < 1.29 is 4.79 Å². The summed E-state index contributed by atoms with van der Waals surface area (Å²) in [4.78, 5) is 14.3. The molecule has 0 saturated carbocycles. The van der Waals surface area contributed by atoms with E-state index in [-0.39, 0.29) is 12.2 Å². The minimum Gasteiger partial charge on any atom is -0.326 e. The quantitative estimate of drug-likeness (QED) is 0.684. The van der Waals surface area contributed by atoms with Crippen molar-refractivity contribution in [2.45, 2.75) is 78.9 Å². The number of hydrogen-bond donors (Lipinski definition) is 1. The summed E-state index contributed by atoms with van der Waals surface area (Å²) in [5.74, 6) is 1.49. The minimum absolute atomic E-state index is 0.0240. The summed E-state index contributed by atoms with van der Waals surface area (Å²) in [6, 6.07) is 0.0240. The van der Waals surface area contributed by atoms with Crippen molar-refractivity contribution in [3.8, 4) is 0 Å². The van der Waals surface area contributed by atoms with Crippen LogP contribution in [0.15, 0.2) is 0 Å². The molecule has 1 fully saturated rings. The van der Waals surface area contributed by atoms with Gasteiger partial charge in [0.05, 0.1) is 12.2 Å². The van der Waals surface area contributed by atoms with Gasteiger partial charge in [-0.3, -0.25) is 10.1 Å². The molecule has 0 aromatic heterocycles. The fraction of sp³-hybridized carbons (Fsp3) is 0.938.